The number of thiophene rings is 1. The number of fused-ring (bicyclic) bond motifs is 1. The molecule has 0 radical (unpaired) electrons. The molecule has 0 fully saturated rings. The van der Waals surface area contributed by atoms with Crippen molar-refractivity contribution in [1.82, 2.24) is 0 Å². The largest absolute Gasteiger partial charge is 0.382 e. The van der Waals surface area contributed by atoms with Crippen LogP contribution in [0.15, 0.2) is 35.5 Å². The summed E-state index contributed by atoms with van der Waals surface area (Å²) < 4.78 is 0.698. The average molecular weight is 376 g/mol. The highest BCUT2D eigenvalue weighted by atomic mass is 35.5. The number of likely N-dealkylation sites (N-methyl/N-ethyl adjacent to an activating group) is 1. The van der Waals surface area contributed by atoms with Crippen molar-refractivity contribution in [3.63, 3.8) is 0 Å². The van der Waals surface area contributed by atoms with Gasteiger partial charge in [0.25, 0.3) is 5.91 Å². The summed E-state index contributed by atoms with van der Waals surface area (Å²) in [7, 11) is 0. The van der Waals surface area contributed by atoms with Crippen molar-refractivity contribution >= 4 is 45.9 Å². The van der Waals surface area contributed by atoms with E-state index >= 15 is 0 Å². The van der Waals surface area contributed by atoms with Crippen molar-refractivity contribution < 1.29 is 9.63 Å². The van der Waals surface area contributed by atoms with Gasteiger partial charge in [0.15, 0.2) is 0 Å². The van der Waals surface area contributed by atoms with Crippen molar-refractivity contribution in [1.29, 1.82) is 0 Å². The fourth-order valence-electron chi connectivity index (χ4n) is 3.21. The second-order valence-corrected chi connectivity index (χ2v) is 7.82. The molecular formula is C18H18ClN3O2S. The van der Waals surface area contributed by atoms with E-state index < -0.39 is 6.10 Å². The van der Waals surface area contributed by atoms with Crippen LogP contribution in [-0.4, -0.2) is 30.8 Å². The van der Waals surface area contributed by atoms with Gasteiger partial charge in [0, 0.05) is 30.9 Å². The molecule has 25 heavy (non-hydrogen) atoms. The highest BCUT2D eigenvalue weighted by Gasteiger charge is 2.30. The minimum atomic E-state index is -0.605. The highest BCUT2D eigenvalue weighted by Crippen LogP contribution is 2.31. The predicted octanol–water partition coefficient (Wildman–Crippen LogP) is 3.92. The Hall–Kier alpha value is -2.05. The molecule has 0 aliphatic carbocycles. The van der Waals surface area contributed by atoms with Crippen LogP contribution in [0.2, 0.25) is 4.34 Å². The summed E-state index contributed by atoms with van der Waals surface area (Å²) in [5.41, 5.74) is 4.10. The maximum absolute atomic E-state index is 12.5. The fourth-order valence-corrected chi connectivity index (χ4v) is 4.24. The lowest BCUT2D eigenvalue weighted by molar-refractivity contribution is -0.125. The third-order valence-electron chi connectivity index (χ3n) is 4.55. The number of carbonyl (C=O) groups is 1. The van der Waals surface area contributed by atoms with Crippen LogP contribution >= 0.6 is 22.9 Å². The molecule has 4 rings (SSSR count). The number of hydrogen-bond acceptors (Lipinski definition) is 5. The van der Waals surface area contributed by atoms with Gasteiger partial charge in [-0.3, -0.25) is 4.79 Å². The Labute approximate surface area is 155 Å². The normalized spacial score (nSPS) is 18.7. The number of amides is 1. The monoisotopic (exact) mass is 375 g/mol. The Kier molecular flexibility index (Phi) is 4.39. The van der Waals surface area contributed by atoms with Gasteiger partial charge in [-0.15, -0.1) is 11.3 Å². The predicted molar refractivity (Wildman–Crippen MR) is 102 cm³/mol. The molecule has 1 amide bonds. The molecule has 1 N–H and O–H groups in total. The van der Waals surface area contributed by atoms with Crippen LogP contribution in [0.1, 0.15) is 23.8 Å². The van der Waals surface area contributed by atoms with Gasteiger partial charge in [-0.05, 0) is 43.2 Å². The molecule has 1 aromatic carbocycles. The van der Waals surface area contributed by atoms with E-state index in [9.17, 15) is 4.79 Å². The van der Waals surface area contributed by atoms with Crippen LogP contribution in [0.25, 0.3) is 0 Å². The van der Waals surface area contributed by atoms with Gasteiger partial charge in [-0.25, -0.2) is 0 Å². The molecule has 1 atom stereocenters. The van der Waals surface area contributed by atoms with E-state index in [-0.39, 0.29) is 5.91 Å². The number of carbonyl (C=O) groups excluding carboxylic acids is 1. The second-order valence-electron chi connectivity index (χ2n) is 6.10. The Morgan fingerprint density at radius 3 is 3.08 bits per heavy atom. The van der Waals surface area contributed by atoms with E-state index in [4.69, 9.17) is 16.4 Å². The molecule has 0 spiro atoms. The lowest BCUT2D eigenvalue weighted by Crippen LogP contribution is -2.28. The van der Waals surface area contributed by atoms with Gasteiger partial charge >= 0.3 is 0 Å². The molecule has 1 unspecified atom stereocenters. The van der Waals surface area contributed by atoms with E-state index in [2.05, 4.69) is 28.4 Å². The lowest BCUT2D eigenvalue weighted by atomic mass is 10.1. The van der Waals surface area contributed by atoms with E-state index in [0.29, 0.717) is 10.8 Å². The topological polar surface area (TPSA) is 53.9 Å². The number of oxime groups is 1. The first kappa shape index (κ1) is 16.4. The Morgan fingerprint density at radius 1 is 1.44 bits per heavy atom. The highest BCUT2D eigenvalue weighted by molar-refractivity contribution is 7.18. The number of halogens is 1. The van der Waals surface area contributed by atoms with Crippen molar-refractivity contribution in [2.24, 2.45) is 5.16 Å². The van der Waals surface area contributed by atoms with Gasteiger partial charge in [-0.2, -0.15) is 0 Å². The van der Waals surface area contributed by atoms with E-state index in [1.54, 1.807) is 0 Å². The quantitative estimate of drug-likeness (QED) is 0.881. The van der Waals surface area contributed by atoms with Gasteiger partial charge in [0.05, 0.1) is 9.21 Å². The summed E-state index contributed by atoms with van der Waals surface area (Å²) in [6.45, 7) is 4.15. The molecule has 0 saturated heterocycles. The average Bonchev–Trinajstić information content (AvgIpc) is 3.33. The molecule has 130 valence electrons. The Balaban J connectivity index is 1.42. The van der Waals surface area contributed by atoms with Crippen LogP contribution in [0, 0.1) is 0 Å². The van der Waals surface area contributed by atoms with Gasteiger partial charge in [0.2, 0.25) is 6.10 Å². The zero-order valence-electron chi connectivity index (χ0n) is 13.8. The number of benzene rings is 1. The van der Waals surface area contributed by atoms with Gasteiger partial charge in [-0.1, -0.05) is 22.8 Å². The third kappa shape index (κ3) is 3.24. The molecule has 3 heterocycles. The molecule has 5 nitrogen and oxygen atoms in total. The molecule has 0 bridgehead atoms. The number of nitrogens with one attached hydrogen (secondary N) is 1. The molecule has 2 aromatic rings. The summed E-state index contributed by atoms with van der Waals surface area (Å²) in [6, 6.07) is 9.80. The SMILES string of the molecule is CCN1CCc2ccc(NC(=O)C3CC(c4ccc(Cl)s4)=NO3)cc21. The van der Waals surface area contributed by atoms with Crippen molar-refractivity contribution in [3.05, 3.63) is 45.1 Å². The molecule has 0 saturated carbocycles. The molecule has 7 heteroatoms. The van der Waals surface area contributed by atoms with Crippen LogP contribution in [0.3, 0.4) is 0 Å². The molecule has 2 aliphatic heterocycles. The summed E-state index contributed by atoms with van der Waals surface area (Å²) in [6.07, 6.45) is 0.907. The third-order valence-corrected chi connectivity index (χ3v) is 5.83. The zero-order valence-corrected chi connectivity index (χ0v) is 15.4. The van der Waals surface area contributed by atoms with Crippen LogP contribution in [0.4, 0.5) is 11.4 Å². The lowest BCUT2D eigenvalue weighted by Gasteiger charge is -2.17. The van der Waals surface area contributed by atoms with Crippen molar-refractivity contribution in [3.8, 4) is 0 Å². The smallest absolute Gasteiger partial charge is 0.268 e. The number of anilines is 2. The number of hydrogen-bond donors (Lipinski definition) is 1. The molecule has 1 aromatic heterocycles. The maximum atomic E-state index is 12.5. The van der Waals surface area contributed by atoms with Crippen LogP contribution in [-0.2, 0) is 16.1 Å². The summed E-state index contributed by atoms with van der Waals surface area (Å²) >= 11 is 7.39. The van der Waals surface area contributed by atoms with Crippen LogP contribution in [0.5, 0.6) is 0 Å². The van der Waals surface area contributed by atoms with Crippen molar-refractivity contribution in [2.45, 2.75) is 25.9 Å². The molecule has 2 aliphatic rings. The maximum Gasteiger partial charge on any atom is 0.268 e. The zero-order chi connectivity index (χ0) is 17.4. The summed E-state index contributed by atoms with van der Waals surface area (Å²) in [5, 5.41) is 6.99. The van der Waals surface area contributed by atoms with E-state index in [1.807, 2.05) is 24.3 Å². The minimum Gasteiger partial charge on any atom is -0.382 e. The fraction of sp³-hybridized carbons (Fsp3) is 0.333. The Bertz CT molecular complexity index is 849. The van der Waals surface area contributed by atoms with E-state index in [0.717, 1.165) is 35.8 Å². The standard InChI is InChI=1S/C18H18ClN3O2S/c1-2-22-8-7-11-3-4-12(9-14(11)22)20-18(23)15-10-13(21-24-15)16-5-6-17(19)25-16/h3-6,9,15H,2,7-8,10H2,1H3,(H,20,23). The number of nitrogens with zero attached hydrogens (tertiary/aromatic N) is 2. The number of rotatable bonds is 4. The minimum absolute atomic E-state index is 0.178. The second kappa shape index (κ2) is 6.69. The van der Waals surface area contributed by atoms with Gasteiger partial charge < -0.3 is 15.1 Å². The van der Waals surface area contributed by atoms with Crippen LogP contribution < -0.4 is 10.2 Å². The van der Waals surface area contributed by atoms with E-state index in [1.165, 1.54) is 22.6 Å². The van der Waals surface area contributed by atoms with Gasteiger partial charge in [0.1, 0.15) is 5.71 Å². The summed E-state index contributed by atoms with van der Waals surface area (Å²) in [5.74, 6) is -0.178. The first-order valence-electron chi connectivity index (χ1n) is 8.31. The first-order chi connectivity index (χ1) is 12.1. The first-order valence-corrected chi connectivity index (χ1v) is 9.50. The summed E-state index contributed by atoms with van der Waals surface area (Å²) in [4.78, 5) is 21.1. The molecular weight excluding hydrogens is 358 g/mol. The Morgan fingerprint density at radius 2 is 2.32 bits per heavy atom. The van der Waals surface area contributed by atoms with Crippen molar-refractivity contribution in [2.75, 3.05) is 23.3 Å².